The molecule has 2 rings (SSSR count). The summed E-state index contributed by atoms with van der Waals surface area (Å²) >= 11 is 4.46. The molecule has 0 spiro atoms. The minimum Gasteiger partial charge on any atom is -0.359 e. The van der Waals surface area contributed by atoms with Crippen molar-refractivity contribution in [1.29, 1.82) is 0 Å². The van der Waals surface area contributed by atoms with Crippen molar-refractivity contribution in [3.8, 4) is 0 Å². The summed E-state index contributed by atoms with van der Waals surface area (Å²) < 4.78 is 0. The number of carbonyl (C=O) groups is 2. The number of hydrogen-bond donors (Lipinski definition) is 2. The van der Waals surface area contributed by atoms with Crippen LogP contribution in [-0.2, 0) is 16.0 Å². The number of rotatable bonds is 4. The molecule has 114 valence electrons. The number of nitrogens with zero attached hydrogens (tertiary/aromatic N) is 1. The van der Waals surface area contributed by atoms with Crippen LogP contribution in [0.3, 0.4) is 0 Å². The molecule has 0 radical (unpaired) electrons. The predicted molar refractivity (Wildman–Crippen MR) is 86.3 cm³/mol. The number of hydrogen-bond acceptors (Lipinski definition) is 3. The van der Waals surface area contributed by atoms with Gasteiger partial charge in [0, 0.05) is 26.1 Å². The van der Waals surface area contributed by atoms with Gasteiger partial charge >= 0.3 is 0 Å². The lowest BCUT2D eigenvalue weighted by Gasteiger charge is -2.32. The number of piperidine rings is 1. The van der Waals surface area contributed by atoms with Crippen LogP contribution in [-0.4, -0.2) is 42.1 Å². The van der Waals surface area contributed by atoms with Crippen LogP contribution in [0.15, 0.2) is 30.3 Å². The highest BCUT2D eigenvalue weighted by Gasteiger charge is 2.29. The molecule has 0 aromatic heterocycles. The highest BCUT2D eigenvalue weighted by Crippen LogP contribution is 2.20. The molecule has 1 fully saturated rings. The molecule has 21 heavy (non-hydrogen) atoms. The molecule has 1 saturated heterocycles. The molecule has 1 N–H and O–H groups in total. The van der Waals surface area contributed by atoms with Gasteiger partial charge in [0.1, 0.15) is 0 Å². The van der Waals surface area contributed by atoms with Crippen molar-refractivity contribution in [2.45, 2.75) is 24.5 Å². The van der Waals surface area contributed by atoms with Crippen molar-refractivity contribution < 1.29 is 9.59 Å². The van der Waals surface area contributed by atoms with Gasteiger partial charge in [0.05, 0.1) is 5.25 Å². The Bertz CT molecular complexity index is 484. The summed E-state index contributed by atoms with van der Waals surface area (Å²) in [6.45, 7) is 1.28. The summed E-state index contributed by atoms with van der Waals surface area (Å²) in [7, 11) is 1.66. The van der Waals surface area contributed by atoms with Crippen LogP contribution in [0.1, 0.15) is 18.4 Å². The quantitative estimate of drug-likeness (QED) is 0.829. The summed E-state index contributed by atoms with van der Waals surface area (Å²) in [6.07, 6.45) is 2.10. The lowest BCUT2D eigenvalue weighted by Crippen LogP contribution is -2.45. The molecule has 1 aliphatic heterocycles. The Morgan fingerprint density at radius 2 is 1.90 bits per heavy atom. The second kappa shape index (κ2) is 7.50. The fraction of sp³-hybridized carbons (Fsp3) is 0.500. The van der Waals surface area contributed by atoms with E-state index >= 15 is 0 Å². The maximum absolute atomic E-state index is 12.4. The monoisotopic (exact) mass is 306 g/mol. The van der Waals surface area contributed by atoms with Crippen molar-refractivity contribution in [2.75, 3.05) is 20.1 Å². The Labute approximate surface area is 131 Å². The second-order valence-corrected chi connectivity index (χ2v) is 6.04. The normalized spacial score (nSPS) is 17.3. The molecular weight excluding hydrogens is 284 g/mol. The molecule has 0 saturated carbocycles. The summed E-state index contributed by atoms with van der Waals surface area (Å²) in [5, 5.41) is 2.36. The zero-order valence-electron chi connectivity index (χ0n) is 12.3. The highest BCUT2D eigenvalue weighted by atomic mass is 32.1. The third-order valence-corrected chi connectivity index (χ3v) is 4.38. The SMILES string of the molecule is CNC(=O)C1CCN(C(=O)C(S)Cc2ccccc2)CC1. The Morgan fingerprint density at radius 1 is 1.29 bits per heavy atom. The molecule has 1 aromatic rings. The van der Waals surface area contributed by atoms with Gasteiger partial charge in [0.15, 0.2) is 0 Å². The number of benzene rings is 1. The highest BCUT2D eigenvalue weighted by molar-refractivity contribution is 7.81. The molecule has 1 heterocycles. The van der Waals surface area contributed by atoms with Crippen molar-refractivity contribution in [3.05, 3.63) is 35.9 Å². The van der Waals surface area contributed by atoms with E-state index in [0.717, 1.165) is 18.4 Å². The van der Waals surface area contributed by atoms with Gasteiger partial charge in [-0.2, -0.15) is 12.6 Å². The van der Waals surface area contributed by atoms with Crippen LogP contribution < -0.4 is 5.32 Å². The van der Waals surface area contributed by atoms with E-state index < -0.39 is 0 Å². The van der Waals surface area contributed by atoms with Gasteiger partial charge < -0.3 is 10.2 Å². The lowest BCUT2D eigenvalue weighted by atomic mass is 9.95. The molecule has 0 aliphatic carbocycles. The summed E-state index contributed by atoms with van der Waals surface area (Å²) in [5.74, 6) is 0.179. The first-order valence-corrected chi connectivity index (χ1v) is 7.86. The first-order chi connectivity index (χ1) is 10.1. The van der Waals surface area contributed by atoms with Crippen LogP contribution in [0.25, 0.3) is 0 Å². The maximum Gasteiger partial charge on any atom is 0.235 e. The summed E-state index contributed by atoms with van der Waals surface area (Å²) in [6, 6.07) is 9.91. The number of nitrogens with one attached hydrogen (secondary N) is 1. The zero-order valence-corrected chi connectivity index (χ0v) is 13.2. The predicted octanol–water partition coefficient (Wildman–Crippen LogP) is 1.51. The number of likely N-dealkylation sites (tertiary alicyclic amines) is 1. The van der Waals surface area contributed by atoms with Crippen LogP contribution in [0.5, 0.6) is 0 Å². The van der Waals surface area contributed by atoms with E-state index in [0.29, 0.717) is 19.5 Å². The van der Waals surface area contributed by atoms with Crippen molar-refractivity contribution in [2.24, 2.45) is 5.92 Å². The van der Waals surface area contributed by atoms with Gasteiger partial charge in [-0.05, 0) is 24.8 Å². The van der Waals surface area contributed by atoms with E-state index in [-0.39, 0.29) is 23.0 Å². The minimum absolute atomic E-state index is 0.0338. The molecule has 4 nitrogen and oxygen atoms in total. The van der Waals surface area contributed by atoms with E-state index in [1.807, 2.05) is 35.2 Å². The molecule has 1 aromatic carbocycles. The van der Waals surface area contributed by atoms with E-state index in [1.165, 1.54) is 0 Å². The number of thiol groups is 1. The third-order valence-electron chi connectivity index (χ3n) is 3.98. The van der Waals surface area contributed by atoms with Crippen molar-refractivity contribution >= 4 is 24.4 Å². The van der Waals surface area contributed by atoms with E-state index in [1.54, 1.807) is 7.05 Å². The Balaban J connectivity index is 1.85. The minimum atomic E-state index is -0.316. The van der Waals surface area contributed by atoms with Crippen LogP contribution in [0, 0.1) is 5.92 Å². The first-order valence-electron chi connectivity index (χ1n) is 7.34. The van der Waals surface area contributed by atoms with Crippen LogP contribution >= 0.6 is 12.6 Å². The zero-order chi connectivity index (χ0) is 15.2. The first kappa shape index (κ1) is 15.9. The number of amides is 2. The molecule has 5 heteroatoms. The van der Waals surface area contributed by atoms with E-state index in [2.05, 4.69) is 17.9 Å². The maximum atomic E-state index is 12.4. The Kier molecular flexibility index (Phi) is 5.67. The van der Waals surface area contributed by atoms with Gasteiger partial charge in [-0.3, -0.25) is 9.59 Å². The van der Waals surface area contributed by atoms with Gasteiger partial charge in [0.25, 0.3) is 0 Å². The molecule has 1 atom stereocenters. The standard InChI is InChI=1S/C16H22N2O2S/c1-17-15(19)13-7-9-18(10-8-13)16(20)14(21)11-12-5-3-2-4-6-12/h2-6,13-14,21H,7-11H2,1H3,(H,17,19). The molecule has 2 amide bonds. The van der Waals surface area contributed by atoms with Crippen LogP contribution in [0.4, 0.5) is 0 Å². The molecule has 1 aliphatic rings. The fourth-order valence-electron chi connectivity index (χ4n) is 2.70. The molecule has 1 unspecified atom stereocenters. The number of carbonyl (C=O) groups excluding carboxylic acids is 2. The van der Waals surface area contributed by atoms with Gasteiger partial charge in [-0.15, -0.1) is 0 Å². The van der Waals surface area contributed by atoms with Gasteiger partial charge in [-0.25, -0.2) is 0 Å². The average molecular weight is 306 g/mol. The van der Waals surface area contributed by atoms with E-state index in [4.69, 9.17) is 0 Å². The van der Waals surface area contributed by atoms with Gasteiger partial charge in [-0.1, -0.05) is 30.3 Å². The summed E-state index contributed by atoms with van der Waals surface area (Å²) in [4.78, 5) is 25.8. The topological polar surface area (TPSA) is 49.4 Å². The van der Waals surface area contributed by atoms with Gasteiger partial charge in [0.2, 0.25) is 11.8 Å². The lowest BCUT2D eigenvalue weighted by molar-refractivity contribution is -0.135. The Hall–Kier alpha value is -1.49. The third kappa shape index (κ3) is 4.24. The summed E-state index contributed by atoms with van der Waals surface area (Å²) in [5.41, 5.74) is 1.12. The van der Waals surface area contributed by atoms with Crippen molar-refractivity contribution in [3.63, 3.8) is 0 Å². The molecular formula is C16H22N2O2S. The molecule has 0 bridgehead atoms. The Morgan fingerprint density at radius 3 is 2.48 bits per heavy atom. The van der Waals surface area contributed by atoms with E-state index in [9.17, 15) is 9.59 Å². The largest absolute Gasteiger partial charge is 0.359 e. The van der Waals surface area contributed by atoms with Crippen molar-refractivity contribution in [1.82, 2.24) is 10.2 Å². The van der Waals surface area contributed by atoms with Crippen LogP contribution in [0.2, 0.25) is 0 Å². The second-order valence-electron chi connectivity index (χ2n) is 5.42. The fourth-order valence-corrected chi connectivity index (χ4v) is 3.08. The average Bonchev–Trinajstić information content (AvgIpc) is 2.54. The smallest absolute Gasteiger partial charge is 0.235 e.